The van der Waals surface area contributed by atoms with Crippen LogP contribution < -0.4 is 15.4 Å². The van der Waals surface area contributed by atoms with E-state index < -0.39 is 10.8 Å². The van der Waals surface area contributed by atoms with Crippen molar-refractivity contribution in [2.45, 2.75) is 25.8 Å². The molecule has 0 unspecified atom stereocenters. The van der Waals surface area contributed by atoms with Gasteiger partial charge in [-0.15, -0.1) is 0 Å². The molecule has 0 spiro atoms. The van der Waals surface area contributed by atoms with Gasteiger partial charge < -0.3 is 10.1 Å². The zero-order valence-corrected chi connectivity index (χ0v) is 15.9. The predicted molar refractivity (Wildman–Crippen MR) is 108 cm³/mol. The normalized spacial score (nSPS) is 13.3. The fourth-order valence-electron chi connectivity index (χ4n) is 2.78. The van der Waals surface area contributed by atoms with E-state index in [1.807, 2.05) is 25.1 Å². The Morgan fingerprint density at radius 1 is 1.32 bits per heavy atom. The lowest BCUT2D eigenvalue weighted by Gasteiger charge is -2.07. The SMILES string of the molecule is CCOc1ccc2nc(NC(=O)c3ccc(NC4CC4)c([N+](=O)[O-])c3)sc2c1. The molecule has 8 nitrogen and oxygen atoms in total. The van der Waals surface area contributed by atoms with Gasteiger partial charge in [0.25, 0.3) is 11.6 Å². The number of nitro groups is 1. The number of aromatic nitrogens is 1. The van der Waals surface area contributed by atoms with E-state index in [2.05, 4.69) is 15.6 Å². The van der Waals surface area contributed by atoms with E-state index in [1.165, 1.54) is 17.4 Å². The van der Waals surface area contributed by atoms with Crippen molar-refractivity contribution in [3.8, 4) is 5.75 Å². The zero-order chi connectivity index (χ0) is 19.7. The Hall–Kier alpha value is -3.20. The maximum Gasteiger partial charge on any atom is 0.293 e. The van der Waals surface area contributed by atoms with Crippen molar-refractivity contribution < 1.29 is 14.5 Å². The van der Waals surface area contributed by atoms with Crippen LogP contribution in [0.3, 0.4) is 0 Å². The summed E-state index contributed by atoms with van der Waals surface area (Å²) < 4.78 is 6.36. The number of nitro benzene ring substituents is 1. The average Bonchev–Trinajstić information content (AvgIpc) is 3.39. The summed E-state index contributed by atoms with van der Waals surface area (Å²) in [7, 11) is 0. The van der Waals surface area contributed by atoms with Crippen molar-refractivity contribution in [2.75, 3.05) is 17.2 Å². The van der Waals surface area contributed by atoms with Crippen molar-refractivity contribution in [3.05, 3.63) is 52.1 Å². The second-order valence-electron chi connectivity index (χ2n) is 6.44. The molecule has 1 aromatic heterocycles. The molecule has 0 aliphatic heterocycles. The van der Waals surface area contributed by atoms with Crippen molar-refractivity contribution >= 4 is 44.0 Å². The molecule has 2 aromatic carbocycles. The largest absolute Gasteiger partial charge is 0.494 e. The molecule has 0 atom stereocenters. The first-order chi connectivity index (χ1) is 13.5. The van der Waals surface area contributed by atoms with Crippen LogP contribution in [-0.2, 0) is 0 Å². The molecule has 1 fully saturated rings. The quantitative estimate of drug-likeness (QED) is 0.450. The first-order valence-corrected chi connectivity index (χ1v) is 9.75. The number of carbonyl (C=O) groups excluding carboxylic acids is 1. The fourth-order valence-corrected chi connectivity index (χ4v) is 3.67. The molecule has 4 rings (SSSR count). The molecule has 9 heteroatoms. The number of rotatable bonds is 7. The molecule has 0 radical (unpaired) electrons. The van der Waals surface area contributed by atoms with E-state index in [1.54, 1.807) is 12.1 Å². The molecular weight excluding hydrogens is 380 g/mol. The predicted octanol–water partition coefficient (Wildman–Crippen LogP) is 4.43. The molecule has 1 aliphatic rings. The van der Waals surface area contributed by atoms with Crippen LogP contribution in [0, 0.1) is 10.1 Å². The summed E-state index contributed by atoms with van der Waals surface area (Å²) in [5, 5.41) is 17.6. The Morgan fingerprint density at radius 3 is 2.86 bits per heavy atom. The molecule has 3 aromatic rings. The smallest absolute Gasteiger partial charge is 0.293 e. The third kappa shape index (κ3) is 3.89. The van der Waals surface area contributed by atoms with Gasteiger partial charge in [0.15, 0.2) is 5.13 Å². The number of ether oxygens (including phenoxy) is 1. The van der Waals surface area contributed by atoms with Crippen LogP contribution in [0.1, 0.15) is 30.1 Å². The molecule has 0 saturated heterocycles. The summed E-state index contributed by atoms with van der Waals surface area (Å²) in [6, 6.07) is 10.3. The Balaban J connectivity index is 1.55. The molecule has 144 valence electrons. The molecule has 0 bridgehead atoms. The van der Waals surface area contributed by atoms with E-state index in [0.29, 0.717) is 17.4 Å². The summed E-state index contributed by atoms with van der Waals surface area (Å²) >= 11 is 1.32. The summed E-state index contributed by atoms with van der Waals surface area (Å²) in [4.78, 5) is 27.8. The Morgan fingerprint density at radius 2 is 2.14 bits per heavy atom. The molecule has 1 amide bonds. The maximum absolute atomic E-state index is 12.6. The number of benzene rings is 2. The lowest BCUT2D eigenvalue weighted by atomic mass is 10.1. The molecule has 1 aliphatic carbocycles. The van der Waals surface area contributed by atoms with E-state index in [0.717, 1.165) is 28.8 Å². The third-order valence-corrected chi connectivity index (χ3v) is 5.22. The van der Waals surface area contributed by atoms with Crippen LogP contribution in [-0.4, -0.2) is 28.5 Å². The standard InChI is InChI=1S/C19H18N4O4S/c1-2-27-13-6-8-15-17(10-13)28-19(21-15)22-18(24)11-3-7-14(20-12-4-5-12)16(9-11)23(25)26/h3,6-10,12,20H,2,4-5H2,1H3,(H,21,22,24). The van der Waals surface area contributed by atoms with Gasteiger partial charge in [0.1, 0.15) is 11.4 Å². The number of carbonyl (C=O) groups is 1. The highest BCUT2D eigenvalue weighted by Crippen LogP contribution is 2.33. The second-order valence-corrected chi connectivity index (χ2v) is 7.47. The first-order valence-electron chi connectivity index (χ1n) is 8.93. The number of hydrogen-bond donors (Lipinski definition) is 2. The van der Waals surface area contributed by atoms with Crippen molar-refractivity contribution in [1.82, 2.24) is 4.98 Å². The number of nitrogens with one attached hydrogen (secondary N) is 2. The van der Waals surface area contributed by atoms with Gasteiger partial charge in [-0.2, -0.15) is 0 Å². The van der Waals surface area contributed by atoms with Crippen LogP contribution in [0.15, 0.2) is 36.4 Å². The van der Waals surface area contributed by atoms with Crippen LogP contribution in [0.5, 0.6) is 5.75 Å². The number of thiazole rings is 1. The van der Waals surface area contributed by atoms with E-state index >= 15 is 0 Å². The fraction of sp³-hybridized carbons (Fsp3) is 0.263. The van der Waals surface area contributed by atoms with Crippen LogP contribution in [0.4, 0.5) is 16.5 Å². The highest BCUT2D eigenvalue weighted by molar-refractivity contribution is 7.22. The minimum Gasteiger partial charge on any atom is -0.494 e. The monoisotopic (exact) mass is 398 g/mol. The summed E-state index contributed by atoms with van der Waals surface area (Å²) in [6.07, 6.45) is 2.00. The Kier molecular flexibility index (Phi) is 4.82. The number of amides is 1. The molecular formula is C19H18N4O4S. The van der Waals surface area contributed by atoms with Crippen LogP contribution in [0.2, 0.25) is 0 Å². The van der Waals surface area contributed by atoms with Crippen molar-refractivity contribution in [3.63, 3.8) is 0 Å². The second kappa shape index (κ2) is 7.43. The van der Waals surface area contributed by atoms with Crippen molar-refractivity contribution in [1.29, 1.82) is 0 Å². The maximum atomic E-state index is 12.6. The van der Waals surface area contributed by atoms with Crippen LogP contribution in [0.25, 0.3) is 10.2 Å². The van der Waals surface area contributed by atoms with Crippen LogP contribution >= 0.6 is 11.3 Å². The van der Waals surface area contributed by atoms with Crippen molar-refractivity contribution in [2.24, 2.45) is 0 Å². The number of anilines is 2. The highest BCUT2D eigenvalue weighted by Gasteiger charge is 2.25. The minimum absolute atomic E-state index is 0.106. The first kappa shape index (κ1) is 18.2. The van der Waals surface area contributed by atoms with Gasteiger partial charge in [-0.25, -0.2) is 4.98 Å². The Bertz CT molecular complexity index is 1060. The summed E-state index contributed by atoms with van der Waals surface area (Å²) in [6.45, 7) is 2.48. The van der Waals surface area contributed by atoms with Gasteiger partial charge in [0.2, 0.25) is 0 Å². The molecule has 1 saturated carbocycles. The highest BCUT2D eigenvalue weighted by atomic mass is 32.1. The minimum atomic E-state index is -0.478. The van der Waals surface area contributed by atoms with Gasteiger partial charge in [-0.1, -0.05) is 11.3 Å². The zero-order valence-electron chi connectivity index (χ0n) is 15.1. The number of hydrogen-bond acceptors (Lipinski definition) is 7. The lowest BCUT2D eigenvalue weighted by molar-refractivity contribution is -0.384. The molecule has 28 heavy (non-hydrogen) atoms. The third-order valence-electron chi connectivity index (χ3n) is 4.28. The van der Waals surface area contributed by atoms with Gasteiger partial charge in [-0.05, 0) is 50.1 Å². The van der Waals surface area contributed by atoms with E-state index in [9.17, 15) is 14.9 Å². The number of fused-ring (bicyclic) bond motifs is 1. The number of nitrogens with zero attached hydrogens (tertiary/aromatic N) is 2. The van der Waals surface area contributed by atoms with E-state index in [-0.39, 0.29) is 17.3 Å². The van der Waals surface area contributed by atoms with Gasteiger partial charge in [0.05, 0.1) is 21.7 Å². The molecule has 1 heterocycles. The van der Waals surface area contributed by atoms with Gasteiger partial charge in [-0.3, -0.25) is 20.2 Å². The summed E-state index contributed by atoms with van der Waals surface area (Å²) in [5.74, 6) is 0.302. The van der Waals surface area contributed by atoms with E-state index in [4.69, 9.17) is 4.74 Å². The molecule has 2 N–H and O–H groups in total. The summed E-state index contributed by atoms with van der Waals surface area (Å²) in [5.41, 5.74) is 1.29. The average molecular weight is 398 g/mol. The van der Waals surface area contributed by atoms with Gasteiger partial charge in [0, 0.05) is 17.7 Å². The van der Waals surface area contributed by atoms with Gasteiger partial charge >= 0.3 is 0 Å². The Labute approximate surface area is 164 Å². The lowest BCUT2D eigenvalue weighted by Crippen LogP contribution is -2.13. The topological polar surface area (TPSA) is 106 Å².